The molecule has 0 unspecified atom stereocenters. The summed E-state index contributed by atoms with van der Waals surface area (Å²) in [6, 6.07) is 4.65. The van der Waals surface area contributed by atoms with Gasteiger partial charge in [-0.2, -0.15) is 0 Å². The van der Waals surface area contributed by atoms with Crippen molar-refractivity contribution in [2.45, 2.75) is 32.2 Å². The highest BCUT2D eigenvalue weighted by molar-refractivity contribution is 6.00. The molecule has 0 amide bonds. The lowest BCUT2D eigenvalue weighted by Crippen LogP contribution is -2.42. The third-order valence-corrected chi connectivity index (χ3v) is 3.74. The Labute approximate surface area is 117 Å². The summed E-state index contributed by atoms with van der Waals surface area (Å²) in [6.45, 7) is 1.83. The minimum absolute atomic E-state index is 0.00909. The minimum atomic E-state index is -0.504. The minimum Gasteiger partial charge on any atom is -0.395 e. The number of non-ortho nitro benzene ring substituents is 1. The Morgan fingerprint density at radius 3 is 2.65 bits per heavy atom. The van der Waals surface area contributed by atoms with Gasteiger partial charge in [-0.25, -0.2) is 0 Å². The zero-order valence-corrected chi connectivity index (χ0v) is 11.4. The summed E-state index contributed by atoms with van der Waals surface area (Å²) in [6.07, 6.45) is 3.18. The first-order valence-corrected chi connectivity index (χ1v) is 6.71. The van der Waals surface area contributed by atoms with Crippen molar-refractivity contribution in [3.05, 3.63) is 33.9 Å². The number of aliphatic hydroxyl groups is 1. The van der Waals surface area contributed by atoms with Crippen LogP contribution >= 0.6 is 0 Å². The Kier molecular flexibility index (Phi) is 4.34. The molecule has 1 aliphatic rings. The molecule has 0 saturated heterocycles. The average Bonchev–Trinajstić information content (AvgIpc) is 2.35. The number of benzene rings is 1. The quantitative estimate of drug-likeness (QED) is 0.489. The van der Waals surface area contributed by atoms with Gasteiger partial charge in [-0.05, 0) is 32.3 Å². The molecule has 0 atom stereocenters. The number of nitro groups is 1. The standard InChI is InChI=1S/C14H18N2O4/c1-10(18)13-9-12(16(19)20)5-6-14(13)15(7-8-17)11-3-2-4-11/h5-6,9,11,17H,2-4,7-8H2,1H3. The van der Waals surface area contributed by atoms with Gasteiger partial charge < -0.3 is 10.0 Å². The van der Waals surface area contributed by atoms with E-state index in [9.17, 15) is 20.0 Å². The number of nitrogens with zero attached hydrogens (tertiary/aromatic N) is 2. The number of Topliss-reactive ketones (excluding diaryl/α,β-unsaturated/α-hetero) is 1. The number of hydrogen-bond acceptors (Lipinski definition) is 5. The van der Waals surface area contributed by atoms with Crippen LogP contribution in [0.1, 0.15) is 36.5 Å². The van der Waals surface area contributed by atoms with Gasteiger partial charge in [0, 0.05) is 36.0 Å². The number of rotatable bonds is 6. The lowest BCUT2D eigenvalue weighted by atomic mass is 9.90. The maximum Gasteiger partial charge on any atom is 0.270 e. The van der Waals surface area contributed by atoms with Crippen molar-refractivity contribution in [2.24, 2.45) is 0 Å². The molecule has 20 heavy (non-hydrogen) atoms. The van der Waals surface area contributed by atoms with Crippen molar-refractivity contribution < 1.29 is 14.8 Å². The van der Waals surface area contributed by atoms with E-state index in [0.717, 1.165) is 19.3 Å². The number of carbonyl (C=O) groups excluding carboxylic acids is 1. The molecule has 1 aromatic carbocycles. The van der Waals surface area contributed by atoms with Crippen molar-refractivity contribution >= 4 is 17.2 Å². The van der Waals surface area contributed by atoms with Crippen molar-refractivity contribution in [3.8, 4) is 0 Å². The Morgan fingerprint density at radius 1 is 1.50 bits per heavy atom. The van der Waals surface area contributed by atoms with E-state index in [0.29, 0.717) is 23.8 Å². The second-order valence-electron chi connectivity index (χ2n) is 5.02. The molecule has 0 aliphatic heterocycles. The van der Waals surface area contributed by atoms with Crippen LogP contribution in [0.2, 0.25) is 0 Å². The topological polar surface area (TPSA) is 83.7 Å². The molecule has 6 heteroatoms. The van der Waals surface area contributed by atoms with Gasteiger partial charge in [0.15, 0.2) is 5.78 Å². The second kappa shape index (κ2) is 6.00. The van der Waals surface area contributed by atoms with E-state index in [-0.39, 0.29) is 18.1 Å². The molecule has 1 aliphatic carbocycles. The summed E-state index contributed by atoms with van der Waals surface area (Å²) in [5.74, 6) is -0.203. The van der Waals surface area contributed by atoms with Gasteiger partial charge in [0.25, 0.3) is 5.69 Å². The number of anilines is 1. The molecule has 0 bridgehead atoms. The van der Waals surface area contributed by atoms with Crippen molar-refractivity contribution in [3.63, 3.8) is 0 Å². The molecular formula is C14H18N2O4. The molecule has 0 radical (unpaired) electrons. The fraction of sp³-hybridized carbons (Fsp3) is 0.500. The van der Waals surface area contributed by atoms with Crippen LogP contribution in [0.15, 0.2) is 18.2 Å². The van der Waals surface area contributed by atoms with Gasteiger partial charge in [0.1, 0.15) is 0 Å². The zero-order chi connectivity index (χ0) is 14.7. The Balaban J connectivity index is 2.41. The Hall–Kier alpha value is -1.95. The lowest BCUT2D eigenvalue weighted by Gasteiger charge is -2.39. The van der Waals surface area contributed by atoms with Gasteiger partial charge in [0.05, 0.1) is 11.5 Å². The average molecular weight is 278 g/mol. The summed E-state index contributed by atoms with van der Waals surface area (Å²) in [5.41, 5.74) is 0.943. The molecule has 6 nitrogen and oxygen atoms in total. The van der Waals surface area contributed by atoms with E-state index < -0.39 is 4.92 Å². The Morgan fingerprint density at radius 2 is 2.20 bits per heavy atom. The number of ketones is 1. The molecule has 0 spiro atoms. The van der Waals surface area contributed by atoms with E-state index in [2.05, 4.69) is 0 Å². The summed E-state index contributed by atoms with van der Waals surface area (Å²) < 4.78 is 0. The highest BCUT2D eigenvalue weighted by Crippen LogP contribution is 2.33. The smallest absolute Gasteiger partial charge is 0.270 e. The summed E-state index contributed by atoms with van der Waals surface area (Å²) in [4.78, 5) is 24.1. The van der Waals surface area contributed by atoms with Crippen LogP contribution in [0.5, 0.6) is 0 Å². The molecule has 1 N–H and O–H groups in total. The van der Waals surface area contributed by atoms with Crippen LogP contribution in [0.25, 0.3) is 0 Å². The highest BCUT2D eigenvalue weighted by Gasteiger charge is 2.27. The van der Waals surface area contributed by atoms with E-state index in [1.54, 1.807) is 6.07 Å². The van der Waals surface area contributed by atoms with Crippen LogP contribution in [-0.4, -0.2) is 35.0 Å². The molecule has 108 valence electrons. The van der Waals surface area contributed by atoms with Crippen LogP contribution in [0.3, 0.4) is 0 Å². The fourth-order valence-corrected chi connectivity index (χ4v) is 2.48. The van der Waals surface area contributed by atoms with Crippen molar-refractivity contribution in [1.82, 2.24) is 0 Å². The van der Waals surface area contributed by atoms with E-state index >= 15 is 0 Å². The van der Waals surface area contributed by atoms with Crippen LogP contribution < -0.4 is 4.90 Å². The molecule has 2 rings (SSSR count). The first-order valence-electron chi connectivity index (χ1n) is 6.71. The summed E-state index contributed by atoms with van der Waals surface area (Å²) in [5, 5.41) is 20.0. The highest BCUT2D eigenvalue weighted by atomic mass is 16.6. The van der Waals surface area contributed by atoms with Gasteiger partial charge in [-0.3, -0.25) is 14.9 Å². The number of hydrogen-bond donors (Lipinski definition) is 1. The first kappa shape index (κ1) is 14.5. The van der Waals surface area contributed by atoms with Gasteiger partial charge in [-0.1, -0.05) is 0 Å². The van der Waals surface area contributed by atoms with E-state index in [4.69, 9.17) is 0 Å². The molecule has 1 fully saturated rings. The third-order valence-electron chi connectivity index (χ3n) is 3.74. The second-order valence-corrected chi connectivity index (χ2v) is 5.02. The van der Waals surface area contributed by atoms with E-state index in [1.807, 2.05) is 4.90 Å². The molecule has 1 aromatic rings. The molecule has 1 saturated carbocycles. The first-order chi connectivity index (χ1) is 9.54. The number of aliphatic hydroxyl groups excluding tert-OH is 1. The maximum absolute atomic E-state index is 11.8. The van der Waals surface area contributed by atoms with Gasteiger partial charge >= 0.3 is 0 Å². The normalized spacial score (nSPS) is 14.7. The largest absolute Gasteiger partial charge is 0.395 e. The predicted molar refractivity (Wildman–Crippen MR) is 75.2 cm³/mol. The maximum atomic E-state index is 11.8. The summed E-state index contributed by atoms with van der Waals surface area (Å²) >= 11 is 0. The number of nitro benzene ring substituents is 1. The molecule has 0 heterocycles. The summed E-state index contributed by atoms with van der Waals surface area (Å²) in [7, 11) is 0. The van der Waals surface area contributed by atoms with Crippen LogP contribution in [-0.2, 0) is 0 Å². The van der Waals surface area contributed by atoms with E-state index in [1.165, 1.54) is 19.1 Å². The van der Waals surface area contributed by atoms with Crippen molar-refractivity contribution in [1.29, 1.82) is 0 Å². The third kappa shape index (κ3) is 2.80. The molecular weight excluding hydrogens is 260 g/mol. The van der Waals surface area contributed by atoms with Crippen LogP contribution in [0, 0.1) is 10.1 Å². The van der Waals surface area contributed by atoms with Gasteiger partial charge in [0.2, 0.25) is 0 Å². The molecule has 0 aromatic heterocycles. The SMILES string of the molecule is CC(=O)c1cc([N+](=O)[O-])ccc1N(CCO)C1CCC1. The lowest BCUT2D eigenvalue weighted by molar-refractivity contribution is -0.384. The Bertz CT molecular complexity index is 526. The fourth-order valence-electron chi connectivity index (χ4n) is 2.48. The zero-order valence-electron chi connectivity index (χ0n) is 11.4. The van der Waals surface area contributed by atoms with Gasteiger partial charge in [-0.15, -0.1) is 0 Å². The predicted octanol–water partition coefficient (Wildman–Crippen LogP) is 2.15. The van der Waals surface area contributed by atoms with Crippen LogP contribution in [0.4, 0.5) is 11.4 Å². The van der Waals surface area contributed by atoms with Crippen molar-refractivity contribution in [2.75, 3.05) is 18.1 Å². The number of carbonyl (C=O) groups is 1. The monoisotopic (exact) mass is 278 g/mol.